The Morgan fingerprint density at radius 1 is 1.32 bits per heavy atom. The van der Waals surface area contributed by atoms with Crippen LogP contribution < -0.4 is 5.32 Å². The number of hydrogen-bond donors (Lipinski definition) is 1. The zero-order valence-electron chi connectivity index (χ0n) is 10.4. The first-order chi connectivity index (χ1) is 9.19. The van der Waals surface area contributed by atoms with Crippen molar-refractivity contribution in [3.8, 4) is 6.07 Å². The highest BCUT2D eigenvalue weighted by Gasteiger charge is 2.21. The number of nitrogens with zero attached hydrogens (tertiary/aromatic N) is 3. The van der Waals surface area contributed by atoms with Gasteiger partial charge in [-0.2, -0.15) is 5.26 Å². The molecule has 1 heterocycles. The summed E-state index contributed by atoms with van der Waals surface area (Å²) in [5, 5.41) is 12.5. The van der Waals surface area contributed by atoms with Crippen LogP contribution in [-0.2, 0) is 12.8 Å². The van der Waals surface area contributed by atoms with Crippen LogP contribution in [0.15, 0.2) is 18.3 Å². The number of anilines is 2. The van der Waals surface area contributed by atoms with E-state index in [4.69, 9.17) is 16.9 Å². The highest BCUT2D eigenvalue weighted by atomic mass is 35.5. The lowest BCUT2D eigenvalue weighted by atomic mass is 9.83. The Bertz CT molecular complexity index is 703. The highest BCUT2D eigenvalue weighted by molar-refractivity contribution is 6.28. The first kappa shape index (κ1) is 11.9. The van der Waals surface area contributed by atoms with E-state index in [2.05, 4.69) is 21.4 Å². The predicted molar refractivity (Wildman–Crippen MR) is 73.6 cm³/mol. The van der Waals surface area contributed by atoms with Crippen LogP contribution in [0.1, 0.15) is 22.3 Å². The van der Waals surface area contributed by atoms with E-state index < -0.39 is 0 Å². The molecule has 1 aliphatic carbocycles. The van der Waals surface area contributed by atoms with Gasteiger partial charge in [0.05, 0.1) is 11.6 Å². The van der Waals surface area contributed by atoms with Gasteiger partial charge >= 0.3 is 0 Å². The molecule has 0 fully saturated rings. The maximum atomic E-state index is 9.03. The third kappa shape index (κ3) is 2.02. The SMILES string of the molecule is Cc1cnc(Cl)nc1Nc1ccc(C#N)c2c1CC2. The number of halogens is 1. The standard InChI is InChI=1S/C14H11ClN4/c1-8-7-17-14(15)19-13(8)18-12-5-2-9(6-16)10-3-4-11(10)12/h2,5,7H,3-4H2,1H3,(H,17,18,19). The Morgan fingerprint density at radius 3 is 2.79 bits per heavy atom. The second kappa shape index (κ2) is 4.52. The van der Waals surface area contributed by atoms with Crippen molar-refractivity contribution in [3.05, 3.63) is 45.9 Å². The van der Waals surface area contributed by atoms with Crippen molar-refractivity contribution in [2.45, 2.75) is 19.8 Å². The fourth-order valence-corrected chi connectivity index (χ4v) is 2.37. The topological polar surface area (TPSA) is 61.6 Å². The van der Waals surface area contributed by atoms with Gasteiger partial charge in [0.2, 0.25) is 5.28 Å². The molecule has 1 aromatic carbocycles. The van der Waals surface area contributed by atoms with Gasteiger partial charge < -0.3 is 5.32 Å². The first-order valence-electron chi connectivity index (χ1n) is 6.00. The lowest BCUT2D eigenvalue weighted by Crippen LogP contribution is -2.14. The van der Waals surface area contributed by atoms with Crippen molar-refractivity contribution < 1.29 is 0 Å². The Morgan fingerprint density at radius 2 is 2.11 bits per heavy atom. The van der Waals surface area contributed by atoms with Crippen LogP contribution in [0.3, 0.4) is 0 Å². The normalized spacial score (nSPS) is 12.3. The maximum absolute atomic E-state index is 9.03. The average Bonchev–Trinajstić information content (AvgIpc) is 2.35. The lowest BCUT2D eigenvalue weighted by Gasteiger charge is -2.24. The van der Waals surface area contributed by atoms with Gasteiger partial charge in [0.15, 0.2) is 0 Å². The number of nitrogens with one attached hydrogen (secondary N) is 1. The summed E-state index contributed by atoms with van der Waals surface area (Å²) in [7, 11) is 0. The van der Waals surface area contributed by atoms with E-state index in [0.29, 0.717) is 5.82 Å². The molecule has 0 unspecified atom stereocenters. The van der Waals surface area contributed by atoms with Gasteiger partial charge in [0, 0.05) is 17.4 Å². The molecular weight excluding hydrogens is 260 g/mol. The van der Waals surface area contributed by atoms with Crippen LogP contribution in [0.4, 0.5) is 11.5 Å². The van der Waals surface area contributed by atoms with E-state index in [9.17, 15) is 0 Å². The van der Waals surface area contributed by atoms with Gasteiger partial charge in [-0.25, -0.2) is 9.97 Å². The minimum absolute atomic E-state index is 0.223. The number of fused-ring (bicyclic) bond motifs is 1. The van der Waals surface area contributed by atoms with Crippen molar-refractivity contribution in [2.24, 2.45) is 0 Å². The molecule has 19 heavy (non-hydrogen) atoms. The summed E-state index contributed by atoms with van der Waals surface area (Å²) in [6.45, 7) is 1.93. The largest absolute Gasteiger partial charge is 0.340 e. The number of aromatic nitrogens is 2. The second-order valence-electron chi connectivity index (χ2n) is 4.53. The van der Waals surface area contributed by atoms with Gasteiger partial charge in [-0.3, -0.25) is 0 Å². The van der Waals surface area contributed by atoms with Crippen LogP contribution in [0.25, 0.3) is 0 Å². The van der Waals surface area contributed by atoms with E-state index in [-0.39, 0.29) is 5.28 Å². The molecule has 0 saturated carbocycles. The number of hydrogen-bond acceptors (Lipinski definition) is 4. The van der Waals surface area contributed by atoms with Gasteiger partial charge in [0.25, 0.3) is 0 Å². The van der Waals surface area contributed by atoms with Crippen molar-refractivity contribution in [3.63, 3.8) is 0 Å². The summed E-state index contributed by atoms with van der Waals surface area (Å²) in [6.07, 6.45) is 3.65. The maximum Gasteiger partial charge on any atom is 0.224 e. The molecule has 0 amide bonds. The van der Waals surface area contributed by atoms with E-state index in [0.717, 1.165) is 35.2 Å². The summed E-state index contributed by atoms with van der Waals surface area (Å²) < 4.78 is 0. The van der Waals surface area contributed by atoms with Crippen LogP contribution in [0.2, 0.25) is 5.28 Å². The summed E-state index contributed by atoms with van der Waals surface area (Å²) >= 11 is 5.81. The molecule has 1 aromatic heterocycles. The summed E-state index contributed by atoms with van der Waals surface area (Å²) in [4.78, 5) is 8.12. The van der Waals surface area contributed by atoms with E-state index in [1.807, 2.05) is 19.1 Å². The van der Waals surface area contributed by atoms with Gasteiger partial charge in [-0.15, -0.1) is 0 Å². The Hall–Kier alpha value is -2.12. The van der Waals surface area contributed by atoms with Crippen molar-refractivity contribution in [1.82, 2.24) is 9.97 Å². The summed E-state index contributed by atoms with van der Waals surface area (Å²) in [5.41, 5.74) is 5.04. The van der Waals surface area contributed by atoms with Crippen LogP contribution in [-0.4, -0.2) is 9.97 Å². The van der Waals surface area contributed by atoms with Crippen LogP contribution >= 0.6 is 11.6 Å². The van der Waals surface area contributed by atoms with Gasteiger partial charge in [0.1, 0.15) is 5.82 Å². The molecule has 94 valence electrons. The highest BCUT2D eigenvalue weighted by Crippen LogP contribution is 2.34. The quantitative estimate of drug-likeness (QED) is 0.852. The minimum Gasteiger partial charge on any atom is -0.340 e. The van der Waals surface area contributed by atoms with E-state index in [1.54, 1.807) is 6.20 Å². The molecule has 1 N–H and O–H groups in total. The zero-order valence-corrected chi connectivity index (χ0v) is 11.1. The Balaban J connectivity index is 1.99. The van der Waals surface area contributed by atoms with E-state index >= 15 is 0 Å². The van der Waals surface area contributed by atoms with Crippen molar-refractivity contribution >= 4 is 23.1 Å². The molecule has 0 saturated heterocycles. The molecule has 3 rings (SSSR count). The monoisotopic (exact) mass is 270 g/mol. The number of aryl methyl sites for hydroxylation is 1. The zero-order chi connectivity index (χ0) is 13.4. The molecular formula is C14H11ClN4. The number of nitriles is 1. The third-order valence-corrected chi connectivity index (χ3v) is 3.55. The van der Waals surface area contributed by atoms with E-state index in [1.165, 1.54) is 5.56 Å². The smallest absolute Gasteiger partial charge is 0.224 e. The lowest BCUT2D eigenvalue weighted by molar-refractivity contribution is 0.837. The molecule has 1 aliphatic rings. The van der Waals surface area contributed by atoms with Gasteiger partial charge in [-0.05, 0) is 54.6 Å². The molecule has 0 spiro atoms. The molecule has 0 radical (unpaired) electrons. The predicted octanol–water partition coefficient (Wildman–Crippen LogP) is 3.15. The fraction of sp³-hybridized carbons (Fsp3) is 0.214. The van der Waals surface area contributed by atoms with Crippen molar-refractivity contribution in [1.29, 1.82) is 5.26 Å². The Kier molecular flexibility index (Phi) is 2.84. The Labute approximate surface area is 116 Å². The number of benzene rings is 1. The first-order valence-corrected chi connectivity index (χ1v) is 6.38. The van der Waals surface area contributed by atoms with Crippen LogP contribution in [0.5, 0.6) is 0 Å². The molecule has 0 bridgehead atoms. The molecule has 4 nitrogen and oxygen atoms in total. The van der Waals surface area contributed by atoms with Gasteiger partial charge in [-0.1, -0.05) is 0 Å². The molecule has 2 aromatic rings. The molecule has 5 heteroatoms. The molecule has 0 aliphatic heterocycles. The summed E-state index contributed by atoms with van der Waals surface area (Å²) in [5.74, 6) is 0.707. The number of rotatable bonds is 2. The average molecular weight is 271 g/mol. The molecule has 0 atom stereocenters. The van der Waals surface area contributed by atoms with Crippen LogP contribution in [0, 0.1) is 18.3 Å². The second-order valence-corrected chi connectivity index (χ2v) is 4.86. The van der Waals surface area contributed by atoms with Crippen molar-refractivity contribution in [2.75, 3.05) is 5.32 Å². The summed E-state index contributed by atoms with van der Waals surface area (Å²) in [6, 6.07) is 5.99. The third-order valence-electron chi connectivity index (χ3n) is 3.37. The fourth-order valence-electron chi connectivity index (χ4n) is 2.23. The minimum atomic E-state index is 0.223.